The van der Waals surface area contributed by atoms with Crippen molar-refractivity contribution in [1.29, 1.82) is 0 Å². The molecular formula is C16H20ClN3O2. The van der Waals surface area contributed by atoms with Gasteiger partial charge in [0.1, 0.15) is 6.54 Å². The Kier molecular flexibility index (Phi) is 4.66. The van der Waals surface area contributed by atoms with Crippen molar-refractivity contribution in [3.63, 3.8) is 0 Å². The molecule has 2 heterocycles. The van der Waals surface area contributed by atoms with E-state index < -0.39 is 0 Å². The first-order valence-corrected chi connectivity index (χ1v) is 7.81. The molecule has 22 heavy (non-hydrogen) atoms. The third-order valence-electron chi connectivity index (χ3n) is 3.92. The highest BCUT2D eigenvalue weighted by Gasteiger charge is 2.18. The van der Waals surface area contributed by atoms with Crippen molar-refractivity contribution in [3.8, 4) is 0 Å². The molecule has 1 unspecified atom stereocenters. The molecule has 0 aliphatic carbocycles. The number of amides is 1. The van der Waals surface area contributed by atoms with Crippen LogP contribution in [0.4, 0.5) is 0 Å². The van der Waals surface area contributed by atoms with Gasteiger partial charge in [-0.1, -0.05) is 17.7 Å². The highest BCUT2D eigenvalue weighted by atomic mass is 35.5. The quantitative estimate of drug-likeness (QED) is 0.933. The summed E-state index contributed by atoms with van der Waals surface area (Å²) < 4.78 is 7.55. The Balaban J connectivity index is 1.57. The molecule has 1 aliphatic rings. The second kappa shape index (κ2) is 6.69. The lowest BCUT2D eigenvalue weighted by molar-refractivity contribution is -0.122. The van der Waals surface area contributed by atoms with Gasteiger partial charge in [0.05, 0.1) is 12.7 Å². The van der Waals surface area contributed by atoms with E-state index in [0.717, 1.165) is 30.6 Å². The number of carbonyl (C=O) groups is 1. The maximum Gasteiger partial charge on any atom is 0.240 e. The van der Waals surface area contributed by atoms with Crippen LogP contribution in [0.3, 0.4) is 0 Å². The van der Waals surface area contributed by atoms with Crippen LogP contribution >= 0.6 is 11.6 Å². The predicted molar refractivity (Wildman–Crippen MR) is 87.2 cm³/mol. The molecule has 1 saturated heterocycles. The molecule has 6 heteroatoms. The molecule has 0 spiro atoms. The van der Waals surface area contributed by atoms with Gasteiger partial charge in [-0.05, 0) is 30.6 Å². The van der Waals surface area contributed by atoms with Crippen LogP contribution in [0.25, 0.3) is 10.9 Å². The fourth-order valence-corrected chi connectivity index (χ4v) is 2.89. The number of nitrogens with one attached hydrogen (secondary N) is 1. The van der Waals surface area contributed by atoms with Gasteiger partial charge in [0.15, 0.2) is 0 Å². The molecule has 1 atom stereocenters. The van der Waals surface area contributed by atoms with Crippen molar-refractivity contribution in [2.75, 3.05) is 33.3 Å². The van der Waals surface area contributed by atoms with Crippen molar-refractivity contribution >= 4 is 28.4 Å². The summed E-state index contributed by atoms with van der Waals surface area (Å²) in [6.45, 7) is 3.34. The van der Waals surface area contributed by atoms with Gasteiger partial charge in [0.25, 0.3) is 0 Å². The fraction of sp³-hybridized carbons (Fsp3) is 0.438. The van der Waals surface area contributed by atoms with Crippen LogP contribution in [0.15, 0.2) is 30.5 Å². The molecule has 1 aromatic carbocycles. The van der Waals surface area contributed by atoms with E-state index in [-0.39, 0.29) is 18.6 Å². The Morgan fingerprint density at radius 2 is 2.32 bits per heavy atom. The van der Waals surface area contributed by atoms with Crippen LogP contribution in [-0.4, -0.2) is 54.8 Å². The van der Waals surface area contributed by atoms with Gasteiger partial charge in [-0.15, -0.1) is 0 Å². The van der Waals surface area contributed by atoms with Gasteiger partial charge >= 0.3 is 0 Å². The number of aromatic nitrogens is 1. The average molecular weight is 322 g/mol. The minimum atomic E-state index is -0.0192. The van der Waals surface area contributed by atoms with Crippen LogP contribution < -0.4 is 5.32 Å². The molecule has 1 N–H and O–H groups in total. The molecule has 5 nitrogen and oxygen atoms in total. The summed E-state index contributed by atoms with van der Waals surface area (Å²) in [7, 11) is 2.06. The second-order valence-electron chi connectivity index (χ2n) is 5.71. The van der Waals surface area contributed by atoms with Crippen molar-refractivity contribution in [2.24, 2.45) is 0 Å². The number of benzene rings is 1. The molecule has 2 aromatic rings. The standard InChI is InChI=1S/C16H20ClN3O2/c1-19-6-7-22-14(10-19)9-18-16(21)11-20-5-4-12-2-3-13(17)8-15(12)20/h2-5,8,14H,6-7,9-11H2,1H3,(H,18,21). The Bertz CT molecular complexity index is 670. The SMILES string of the molecule is CN1CCOC(CNC(=O)Cn2ccc3ccc(Cl)cc32)C1. The Morgan fingerprint density at radius 3 is 3.14 bits per heavy atom. The lowest BCUT2D eigenvalue weighted by Gasteiger charge is -2.30. The smallest absolute Gasteiger partial charge is 0.240 e. The van der Waals surface area contributed by atoms with E-state index in [2.05, 4.69) is 17.3 Å². The topological polar surface area (TPSA) is 46.5 Å². The first-order valence-electron chi connectivity index (χ1n) is 7.43. The van der Waals surface area contributed by atoms with Crippen LogP contribution in [0.5, 0.6) is 0 Å². The van der Waals surface area contributed by atoms with Gasteiger partial charge < -0.3 is 19.5 Å². The first-order chi connectivity index (χ1) is 10.6. The van der Waals surface area contributed by atoms with Gasteiger partial charge in [0, 0.05) is 36.4 Å². The number of hydrogen-bond acceptors (Lipinski definition) is 3. The number of morpholine rings is 1. The van der Waals surface area contributed by atoms with E-state index in [1.807, 2.05) is 35.0 Å². The lowest BCUT2D eigenvalue weighted by Crippen LogP contribution is -2.46. The molecule has 0 saturated carbocycles. The first kappa shape index (κ1) is 15.3. The molecule has 1 amide bonds. The van der Waals surface area contributed by atoms with Crippen molar-refractivity contribution in [2.45, 2.75) is 12.6 Å². The number of fused-ring (bicyclic) bond motifs is 1. The van der Waals surface area contributed by atoms with Crippen LogP contribution in [0, 0.1) is 0 Å². The van der Waals surface area contributed by atoms with E-state index in [0.29, 0.717) is 11.6 Å². The van der Waals surface area contributed by atoms with Gasteiger partial charge in [-0.3, -0.25) is 4.79 Å². The second-order valence-corrected chi connectivity index (χ2v) is 6.14. The number of hydrogen-bond donors (Lipinski definition) is 1. The summed E-state index contributed by atoms with van der Waals surface area (Å²) in [5.41, 5.74) is 0.969. The summed E-state index contributed by atoms with van der Waals surface area (Å²) in [6, 6.07) is 7.67. The molecule has 0 radical (unpaired) electrons. The molecule has 1 aliphatic heterocycles. The Morgan fingerprint density at radius 1 is 1.45 bits per heavy atom. The van der Waals surface area contributed by atoms with Crippen LogP contribution in [0.1, 0.15) is 0 Å². The number of ether oxygens (including phenoxy) is 1. The van der Waals surface area contributed by atoms with E-state index in [1.165, 1.54) is 0 Å². The summed E-state index contributed by atoms with van der Waals surface area (Å²) in [4.78, 5) is 14.3. The summed E-state index contributed by atoms with van der Waals surface area (Å²) >= 11 is 6.03. The summed E-state index contributed by atoms with van der Waals surface area (Å²) in [5, 5.41) is 4.70. The van der Waals surface area contributed by atoms with Gasteiger partial charge in [0.2, 0.25) is 5.91 Å². The van der Waals surface area contributed by atoms with Crippen LogP contribution in [0.2, 0.25) is 5.02 Å². The van der Waals surface area contributed by atoms with Gasteiger partial charge in [-0.25, -0.2) is 0 Å². The van der Waals surface area contributed by atoms with Crippen molar-refractivity contribution < 1.29 is 9.53 Å². The minimum Gasteiger partial charge on any atom is -0.374 e. The minimum absolute atomic E-state index is 0.0192. The zero-order valence-corrected chi connectivity index (χ0v) is 13.3. The van der Waals surface area contributed by atoms with E-state index in [9.17, 15) is 4.79 Å². The Labute approximate surface area is 134 Å². The normalized spacial score (nSPS) is 19.5. The van der Waals surface area contributed by atoms with Crippen molar-refractivity contribution in [1.82, 2.24) is 14.8 Å². The molecule has 1 aromatic heterocycles. The van der Waals surface area contributed by atoms with Gasteiger partial charge in [-0.2, -0.15) is 0 Å². The molecular weight excluding hydrogens is 302 g/mol. The van der Waals surface area contributed by atoms with Crippen LogP contribution in [-0.2, 0) is 16.1 Å². The molecule has 1 fully saturated rings. The number of nitrogens with zero attached hydrogens (tertiary/aromatic N) is 2. The highest BCUT2D eigenvalue weighted by molar-refractivity contribution is 6.31. The summed E-state index contributed by atoms with van der Waals surface area (Å²) in [6.07, 6.45) is 1.98. The summed E-state index contributed by atoms with van der Waals surface area (Å²) in [5.74, 6) is -0.0192. The fourth-order valence-electron chi connectivity index (χ4n) is 2.72. The van der Waals surface area contributed by atoms with E-state index in [4.69, 9.17) is 16.3 Å². The number of carbonyl (C=O) groups excluding carboxylic acids is 1. The monoisotopic (exact) mass is 321 g/mol. The zero-order valence-electron chi connectivity index (χ0n) is 12.6. The Hall–Kier alpha value is -1.56. The molecule has 3 rings (SSSR count). The predicted octanol–water partition coefficient (Wildman–Crippen LogP) is 1.74. The third kappa shape index (κ3) is 3.61. The van der Waals surface area contributed by atoms with E-state index >= 15 is 0 Å². The van der Waals surface area contributed by atoms with Crippen molar-refractivity contribution in [3.05, 3.63) is 35.5 Å². The maximum absolute atomic E-state index is 12.1. The molecule has 118 valence electrons. The highest BCUT2D eigenvalue weighted by Crippen LogP contribution is 2.20. The third-order valence-corrected chi connectivity index (χ3v) is 4.15. The average Bonchev–Trinajstić information content (AvgIpc) is 2.88. The number of likely N-dealkylation sites (N-methyl/N-ethyl adjacent to an activating group) is 1. The van der Waals surface area contributed by atoms with E-state index in [1.54, 1.807) is 0 Å². The number of halogens is 1. The lowest BCUT2D eigenvalue weighted by atomic mass is 10.2. The number of rotatable bonds is 4. The maximum atomic E-state index is 12.1. The largest absolute Gasteiger partial charge is 0.374 e. The molecule has 0 bridgehead atoms. The zero-order chi connectivity index (χ0) is 15.5.